The van der Waals surface area contributed by atoms with E-state index in [1.165, 1.54) is 5.56 Å². The van der Waals surface area contributed by atoms with Gasteiger partial charge in [0.1, 0.15) is 0 Å². The molecule has 3 rings (SSSR count). The summed E-state index contributed by atoms with van der Waals surface area (Å²) in [5.74, 6) is 0.190. The highest BCUT2D eigenvalue weighted by Crippen LogP contribution is 2.19. The molecule has 1 aromatic rings. The van der Waals surface area contributed by atoms with Gasteiger partial charge in [-0.2, -0.15) is 0 Å². The maximum atomic E-state index is 12.6. The van der Waals surface area contributed by atoms with E-state index in [1.54, 1.807) is 0 Å². The first kappa shape index (κ1) is 17.3. The minimum Gasteiger partial charge on any atom is -0.337 e. The van der Waals surface area contributed by atoms with Crippen molar-refractivity contribution >= 4 is 18.3 Å². The number of hydrogen-bond acceptors (Lipinski definition) is 3. The first-order valence-corrected chi connectivity index (χ1v) is 8.11. The average Bonchev–Trinajstić information content (AvgIpc) is 3.05. The molecule has 1 amide bonds. The van der Waals surface area contributed by atoms with Crippen LogP contribution in [0.1, 0.15) is 29.3 Å². The molecular formula is C17H26ClN3O. The third-order valence-corrected chi connectivity index (χ3v) is 4.73. The second-order valence-corrected chi connectivity index (χ2v) is 6.03. The Balaban J connectivity index is 0.00000176. The first-order chi connectivity index (χ1) is 10.3. The fraction of sp³-hybridized carbons (Fsp3) is 0.588. The van der Waals surface area contributed by atoms with Gasteiger partial charge < -0.3 is 10.2 Å². The molecule has 1 unspecified atom stereocenters. The Labute approximate surface area is 139 Å². The number of likely N-dealkylation sites (tertiary alicyclic amines) is 1. The number of nitrogens with zero attached hydrogens (tertiary/aromatic N) is 2. The summed E-state index contributed by atoms with van der Waals surface area (Å²) in [6, 6.07) is 8.62. The van der Waals surface area contributed by atoms with E-state index in [9.17, 15) is 4.79 Å². The number of carbonyl (C=O) groups excluding carboxylic acids is 1. The van der Waals surface area contributed by atoms with Crippen molar-refractivity contribution < 1.29 is 4.79 Å². The van der Waals surface area contributed by atoms with Gasteiger partial charge in [-0.15, -0.1) is 12.4 Å². The second kappa shape index (κ2) is 7.95. The third-order valence-electron chi connectivity index (χ3n) is 4.73. The number of piperazine rings is 1. The Kier molecular flexibility index (Phi) is 6.24. The number of rotatable bonds is 3. The average molecular weight is 324 g/mol. The molecule has 4 nitrogen and oxygen atoms in total. The molecule has 1 atom stereocenters. The smallest absolute Gasteiger partial charge is 0.253 e. The zero-order chi connectivity index (χ0) is 14.7. The molecule has 2 aliphatic rings. The van der Waals surface area contributed by atoms with Crippen molar-refractivity contribution in [3.05, 3.63) is 35.4 Å². The van der Waals surface area contributed by atoms with Crippen molar-refractivity contribution in [1.29, 1.82) is 0 Å². The van der Waals surface area contributed by atoms with Gasteiger partial charge >= 0.3 is 0 Å². The summed E-state index contributed by atoms with van der Waals surface area (Å²) in [4.78, 5) is 17.1. The van der Waals surface area contributed by atoms with Crippen molar-refractivity contribution in [2.24, 2.45) is 0 Å². The lowest BCUT2D eigenvalue weighted by Crippen LogP contribution is -2.49. The SMILES string of the molecule is CCc1ccc(C(=O)N2CCC(N3CCNCC3)C2)cc1.Cl. The molecule has 2 fully saturated rings. The monoisotopic (exact) mass is 323 g/mol. The van der Waals surface area contributed by atoms with E-state index >= 15 is 0 Å². The molecule has 0 bridgehead atoms. The number of nitrogens with one attached hydrogen (secondary N) is 1. The Morgan fingerprint density at radius 3 is 2.50 bits per heavy atom. The quantitative estimate of drug-likeness (QED) is 0.921. The van der Waals surface area contributed by atoms with E-state index in [2.05, 4.69) is 29.3 Å². The lowest BCUT2D eigenvalue weighted by molar-refractivity contribution is 0.0773. The summed E-state index contributed by atoms with van der Waals surface area (Å²) in [6.07, 6.45) is 2.13. The van der Waals surface area contributed by atoms with Crippen LogP contribution in [0.15, 0.2) is 24.3 Å². The van der Waals surface area contributed by atoms with Crippen molar-refractivity contribution in [3.63, 3.8) is 0 Å². The minimum absolute atomic E-state index is 0. The van der Waals surface area contributed by atoms with Gasteiger partial charge in [-0.25, -0.2) is 0 Å². The highest BCUT2D eigenvalue weighted by molar-refractivity contribution is 5.94. The van der Waals surface area contributed by atoms with Crippen LogP contribution in [-0.2, 0) is 6.42 Å². The van der Waals surface area contributed by atoms with E-state index in [0.717, 1.165) is 57.7 Å². The van der Waals surface area contributed by atoms with Crippen LogP contribution >= 0.6 is 12.4 Å². The maximum absolute atomic E-state index is 12.6. The maximum Gasteiger partial charge on any atom is 0.253 e. The largest absolute Gasteiger partial charge is 0.337 e. The van der Waals surface area contributed by atoms with Crippen LogP contribution in [-0.4, -0.2) is 61.0 Å². The second-order valence-electron chi connectivity index (χ2n) is 6.03. The van der Waals surface area contributed by atoms with Gasteiger partial charge in [0.2, 0.25) is 0 Å². The molecule has 5 heteroatoms. The van der Waals surface area contributed by atoms with Gasteiger partial charge in [0.05, 0.1) is 0 Å². The lowest BCUT2D eigenvalue weighted by atomic mass is 10.1. The van der Waals surface area contributed by atoms with Gasteiger partial charge in [-0.1, -0.05) is 19.1 Å². The minimum atomic E-state index is 0. The summed E-state index contributed by atoms with van der Waals surface area (Å²) in [6.45, 7) is 8.27. The Hall–Kier alpha value is -1.10. The molecule has 0 spiro atoms. The molecule has 2 saturated heterocycles. The van der Waals surface area contributed by atoms with Crippen molar-refractivity contribution in [3.8, 4) is 0 Å². The Morgan fingerprint density at radius 1 is 1.18 bits per heavy atom. The van der Waals surface area contributed by atoms with Crippen LogP contribution in [0, 0.1) is 0 Å². The summed E-state index contributed by atoms with van der Waals surface area (Å²) in [7, 11) is 0. The molecule has 0 aliphatic carbocycles. The molecule has 22 heavy (non-hydrogen) atoms. The van der Waals surface area contributed by atoms with Crippen LogP contribution in [0.25, 0.3) is 0 Å². The zero-order valence-corrected chi connectivity index (χ0v) is 14.1. The Bertz CT molecular complexity index is 485. The van der Waals surface area contributed by atoms with Gasteiger partial charge in [0, 0.05) is 50.9 Å². The first-order valence-electron chi connectivity index (χ1n) is 8.11. The fourth-order valence-corrected chi connectivity index (χ4v) is 3.34. The predicted molar refractivity (Wildman–Crippen MR) is 91.8 cm³/mol. The molecule has 2 aliphatic heterocycles. The highest BCUT2D eigenvalue weighted by Gasteiger charge is 2.31. The van der Waals surface area contributed by atoms with E-state index in [0.29, 0.717) is 6.04 Å². The van der Waals surface area contributed by atoms with Crippen LogP contribution < -0.4 is 5.32 Å². The fourth-order valence-electron chi connectivity index (χ4n) is 3.34. The third kappa shape index (κ3) is 3.80. The number of halogens is 1. The molecule has 1 aromatic carbocycles. The Morgan fingerprint density at radius 2 is 1.86 bits per heavy atom. The summed E-state index contributed by atoms with van der Waals surface area (Å²) >= 11 is 0. The standard InChI is InChI=1S/C17H25N3O.ClH/c1-2-14-3-5-15(6-4-14)17(21)20-10-7-16(13-20)19-11-8-18-9-12-19;/h3-6,16,18H,2,7-13H2,1H3;1H. The van der Waals surface area contributed by atoms with Crippen LogP contribution in [0.5, 0.6) is 0 Å². The molecule has 0 aromatic heterocycles. The zero-order valence-electron chi connectivity index (χ0n) is 13.3. The van der Waals surface area contributed by atoms with Gasteiger partial charge in [-0.05, 0) is 30.5 Å². The molecule has 0 saturated carbocycles. The topological polar surface area (TPSA) is 35.6 Å². The summed E-state index contributed by atoms with van der Waals surface area (Å²) in [5, 5.41) is 3.39. The van der Waals surface area contributed by atoms with Gasteiger partial charge in [0.25, 0.3) is 5.91 Å². The number of carbonyl (C=O) groups is 1. The number of amides is 1. The van der Waals surface area contributed by atoms with Gasteiger partial charge in [0.15, 0.2) is 0 Å². The predicted octanol–water partition coefficient (Wildman–Crippen LogP) is 1.79. The number of hydrogen-bond donors (Lipinski definition) is 1. The molecular weight excluding hydrogens is 298 g/mol. The molecule has 0 radical (unpaired) electrons. The van der Waals surface area contributed by atoms with Crippen LogP contribution in [0.4, 0.5) is 0 Å². The molecule has 1 N–H and O–H groups in total. The van der Waals surface area contributed by atoms with Crippen molar-refractivity contribution in [1.82, 2.24) is 15.1 Å². The molecule has 122 valence electrons. The highest BCUT2D eigenvalue weighted by atomic mass is 35.5. The number of aryl methyl sites for hydroxylation is 1. The van der Waals surface area contributed by atoms with E-state index in [4.69, 9.17) is 0 Å². The lowest BCUT2D eigenvalue weighted by Gasteiger charge is -2.32. The van der Waals surface area contributed by atoms with Crippen LogP contribution in [0.2, 0.25) is 0 Å². The number of benzene rings is 1. The van der Waals surface area contributed by atoms with Crippen molar-refractivity contribution in [2.75, 3.05) is 39.3 Å². The molecule has 2 heterocycles. The summed E-state index contributed by atoms with van der Waals surface area (Å²) < 4.78 is 0. The van der Waals surface area contributed by atoms with E-state index in [-0.39, 0.29) is 18.3 Å². The normalized spacial score (nSPS) is 22.4. The van der Waals surface area contributed by atoms with E-state index < -0.39 is 0 Å². The van der Waals surface area contributed by atoms with E-state index in [1.807, 2.05) is 17.0 Å². The van der Waals surface area contributed by atoms with Crippen LogP contribution in [0.3, 0.4) is 0 Å². The van der Waals surface area contributed by atoms with Crippen molar-refractivity contribution in [2.45, 2.75) is 25.8 Å². The van der Waals surface area contributed by atoms with Gasteiger partial charge in [-0.3, -0.25) is 9.69 Å². The summed E-state index contributed by atoms with van der Waals surface area (Å²) in [5.41, 5.74) is 2.11.